The van der Waals surface area contributed by atoms with Gasteiger partial charge in [-0.3, -0.25) is 0 Å². The smallest absolute Gasteiger partial charge is 0.127 e. The fraction of sp³-hybridized carbons (Fsp3) is 0.750. The van der Waals surface area contributed by atoms with E-state index in [0.29, 0.717) is 12.0 Å². The maximum absolute atomic E-state index is 6.23. The summed E-state index contributed by atoms with van der Waals surface area (Å²) in [5.74, 6) is 2.72. The van der Waals surface area contributed by atoms with Crippen molar-refractivity contribution < 1.29 is 0 Å². The summed E-state index contributed by atoms with van der Waals surface area (Å²) in [6, 6.07) is 0.660. The van der Waals surface area contributed by atoms with E-state index in [9.17, 15) is 0 Å². The van der Waals surface area contributed by atoms with Crippen molar-refractivity contribution in [3.8, 4) is 0 Å². The first-order chi connectivity index (χ1) is 7.27. The molecular formula is C12H19N3. The van der Waals surface area contributed by atoms with Gasteiger partial charge in [0.25, 0.3) is 0 Å². The Morgan fingerprint density at radius 2 is 1.87 bits per heavy atom. The summed E-state index contributed by atoms with van der Waals surface area (Å²) in [7, 11) is 0. The van der Waals surface area contributed by atoms with E-state index in [0.717, 1.165) is 11.6 Å². The second-order valence-electron chi connectivity index (χ2n) is 5.01. The lowest BCUT2D eigenvalue weighted by Crippen LogP contribution is -2.04. The van der Waals surface area contributed by atoms with Gasteiger partial charge in [-0.25, -0.2) is 4.98 Å². The van der Waals surface area contributed by atoms with Gasteiger partial charge in [-0.05, 0) is 32.6 Å². The maximum Gasteiger partial charge on any atom is 0.127 e. The van der Waals surface area contributed by atoms with Crippen molar-refractivity contribution in [1.82, 2.24) is 9.55 Å². The van der Waals surface area contributed by atoms with Gasteiger partial charge in [0.2, 0.25) is 0 Å². The summed E-state index contributed by atoms with van der Waals surface area (Å²) < 4.78 is 2.26. The van der Waals surface area contributed by atoms with Gasteiger partial charge in [0.15, 0.2) is 0 Å². The molecular weight excluding hydrogens is 186 g/mol. The Morgan fingerprint density at radius 3 is 2.47 bits per heavy atom. The Hall–Kier alpha value is -0.990. The summed E-state index contributed by atoms with van der Waals surface area (Å²) in [5.41, 5.74) is 7.42. The maximum atomic E-state index is 6.23. The zero-order valence-electron chi connectivity index (χ0n) is 9.37. The van der Waals surface area contributed by atoms with Crippen molar-refractivity contribution in [3.63, 3.8) is 0 Å². The number of aryl methyl sites for hydroxylation is 1. The van der Waals surface area contributed by atoms with Crippen LogP contribution in [0, 0.1) is 6.92 Å². The van der Waals surface area contributed by atoms with E-state index in [1.807, 2.05) is 0 Å². The van der Waals surface area contributed by atoms with Gasteiger partial charge in [-0.15, -0.1) is 0 Å². The van der Waals surface area contributed by atoms with Crippen LogP contribution in [0.15, 0.2) is 0 Å². The third-order valence-electron chi connectivity index (χ3n) is 3.81. The lowest BCUT2D eigenvalue weighted by Gasteiger charge is -2.08. The third kappa shape index (κ3) is 1.45. The molecule has 0 amide bonds. The van der Waals surface area contributed by atoms with E-state index in [1.54, 1.807) is 0 Å². The molecule has 3 rings (SSSR count). The summed E-state index contributed by atoms with van der Waals surface area (Å²) >= 11 is 0. The SMILES string of the molecule is Cc1nc(C2CCCC2)c(N)n1C1CC1. The molecule has 15 heavy (non-hydrogen) atoms. The van der Waals surface area contributed by atoms with E-state index in [1.165, 1.54) is 44.2 Å². The lowest BCUT2D eigenvalue weighted by atomic mass is 10.0. The van der Waals surface area contributed by atoms with Crippen molar-refractivity contribution in [2.75, 3.05) is 5.73 Å². The molecule has 1 aromatic heterocycles. The highest BCUT2D eigenvalue weighted by Gasteiger charge is 2.31. The van der Waals surface area contributed by atoms with Crippen molar-refractivity contribution in [3.05, 3.63) is 11.5 Å². The predicted molar refractivity (Wildman–Crippen MR) is 60.9 cm³/mol. The molecule has 1 aromatic rings. The quantitative estimate of drug-likeness (QED) is 0.806. The molecule has 0 bridgehead atoms. The number of nitrogen functional groups attached to an aromatic ring is 1. The lowest BCUT2D eigenvalue weighted by molar-refractivity contribution is 0.701. The van der Waals surface area contributed by atoms with E-state index >= 15 is 0 Å². The first kappa shape index (κ1) is 9.25. The highest BCUT2D eigenvalue weighted by molar-refractivity contribution is 5.42. The number of hydrogen-bond donors (Lipinski definition) is 1. The van der Waals surface area contributed by atoms with Crippen LogP contribution in [0.3, 0.4) is 0 Å². The van der Waals surface area contributed by atoms with E-state index < -0.39 is 0 Å². The Morgan fingerprint density at radius 1 is 1.20 bits per heavy atom. The number of aromatic nitrogens is 2. The van der Waals surface area contributed by atoms with Gasteiger partial charge < -0.3 is 10.3 Å². The molecule has 2 saturated carbocycles. The van der Waals surface area contributed by atoms with Gasteiger partial charge in [0.05, 0.1) is 5.69 Å². The second kappa shape index (κ2) is 3.26. The van der Waals surface area contributed by atoms with E-state index in [2.05, 4.69) is 11.5 Å². The van der Waals surface area contributed by atoms with Crippen molar-refractivity contribution >= 4 is 5.82 Å². The third-order valence-corrected chi connectivity index (χ3v) is 3.81. The molecule has 0 saturated heterocycles. The molecule has 0 radical (unpaired) electrons. The van der Waals surface area contributed by atoms with Gasteiger partial charge in [0, 0.05) is 12.0 Å². The summed E-state index contributed by atoms with van der Waals surface area (Å²) in [4.78, 5) is 4.69. The summed E-state index contributed by atoms with van der Waals surface area (Å²) in [6.45, 7) is 2.09. The Bertz CT molecular complexity index is 370. The van der Waals surface area contributed by atoms with Gasteiger partial charge in [0.1, 0.15) is 11.6 Å². The second-order valence-corrected chi connectivity index (χ2v) is 5.01. The average Bonchev–Trinajstić information content (AvgIpc) is 2.79. The number of imidazole rings is 1. The molecule has 2 aliphatic carbocycles. The highest BCUT2D eigenvalue weighted by atomic mass is 15.2. The van der Waals surface area contributed by atoms with Crippen LogP contribution in [0.25, 0.3) is 0 Å². The van der Waals surface area contributed by atoms with Crippen molar-refractivity contribution in [2.45, 2.75) is 57.4 Å². The molecule has 0 atom stereocenters. The first-order valence-corrected chi connectivity index (χ1v) is 6.11. The highest BCUT2D eigenvalue weighted by Crippen LogP contribution is 2.42. The zero-order chi connectivity index (χ0) is 10.4. The molecule has 0 aliphatic heterocycles. The molecule has 3 heteroatoms. The molecule has 1 heterocycles. The number of nitrogens with zero attached hydrogens (tertiary/aromatic N) is 2. The first-order valence-electron chi connectivity index (χ1n) is 6.11. The molecule has 2 aliphatic rings. The van der Waals surface area contributed by atoms with Crippen LogP contribution < -0.4 is 5.73 Å². The van der Waals surface area contributed by atoms with Crippen LogP contribution in [0.4, 0.5) is 5.82 Å². The Kier molecular flexibility index (Phi) is 2.01. The van der Waals surface area contributed by atoms with Gasteiger partial charge >= 0.3 is 0 Å². The Balaban J connectivity index is 1.97. The van der Waals surface area contributed by atoms with Crippen LogP contribution >= 0.6 is 0 Å². The van der Waals surface area contributed by atoms with Crippen LogP contribution in [-0.4, -0.2) is 9.55 Å². The number of hydrogen-bond acceptors (Lipinski definition) is 2. The minimum atomic E-state index is 0.642. The molecule has 2 N–H and O–H groups in total. The normalized spacial score (nSPS) is 22.5. The van der Waals surface area contributed by atoms with Crippen LogP contribution in [0.1, 0.15) is 62.0 Å². The summed E-state index contributed by atoms with van der Waals surface area (Å²) in [6.07, 6.45) is 7.83. The van der Waals surface area contributed by atoms with E-state index in [-0.39, 0.29) is 0 Å². The molecule has 0 spiro atoms. The number of nitrogens with two attached hydrogens (primary N) is 1. The fourth-order valence-corrected chi connectivity index (χ4v) is 2.88. The topological polar surface area (TPSA) is 43.8 Å². The number of anilines is 1. The molecule has 0 unspecified atom stereocenters. The Labute approximate surface area is 90.7 Å². The zero-order valence-corrected chi connectivity index (χ0v) is 9.37. The fourth-order valence-electron chi connectivity index (χ4n) is 2.88. The molecule has 3 nitrogen and oxygen atoms in total. The average molecular weight is 205 g/mol. The molecule has 2 fully saturated rings. The monoisotopic (exact) mass is 205 g/mol. The van der Waals surface area contributed by atoms with Crippen molar-refractivity contribution in [1.29, 1.82) is 0 Å². The van der Waals surface area contributed by atoms with Crippen LogP contribution in [-0.2, 0) is 0 Å². The van der Waals surface area contributed by atoms with Gasteiger partial charge in [-0.1, -0.05) is 12.8 Å². The standard InChI is InChI=1S/C12H19N3/c1-8-14-11(9-4-2-3-5-9)12(13)15(8)10-6-7-10/h9-10H,2-7,13H2,1H3. The van der Waals surface area contributed by atoms with Gasteiger partial charge in [-0.2, -0.15) is 0 Å². The minimum absolute atomic E-state index is 0.642. The van der Waals surface area contributed by atoms with Crippen LogP contribution in [0.2, 0.25) is 0 Å². The van der Waals surface area contributed by atoms with Crippen LogP contribution in [0.5, 0.6) is 0 Å². The summed E-state index contributed by atoms with van der Waals surface area (Å²) in [5, 5.41) is 0. The molecule has 82 valence electrons. The molecule has 0 aromatic carbocycles. The largest absolute Gasteiger partial charge is 0.384 e. The van der Waals surface area contributed by atoms with E-state index in [4.69, 9.17) is 10.7 Å². The van der Waals surface area contributed by atoms with Crippen molar-refractivity contribution in [2.24, 2.45) is 0 Å². The minimum Gasteiger partial charge on any atom is -0.384 e. The predicted octanol–water partition coefficient (Wildman–Crippen LogP) is 2.77. The number of rotatable bonds is 2.